The van der Waals surface area contributed by atoms with Crippen LogP contribution in [0.2, 0.25) is 0 Å². The van der Waals surface area contributed by atoms with E-state index in [9.17, 15) is 37.1 Å². The van der Waals surface area contributed by atoms with Crippen LogP contribution in [0.5, 0.6) is 5.75 Å². The molecule has 0 saturated carbocycles. The van der Waals surface area contributed by atoms with Gasteiger partial charge in [-0.2, -0.15) is 13.2 Å². The van der Waals surface area contributed by atoms with Crippen molar-refractivity contribution in [1.29, 1.82) is 0 Å². The highest BCUT2D eigenvalue weighted by molar-refractivity contribution is 7.22. The number of hydrogen-bond donors (Lipinski definition) is 5. The second-order valence-electron chi connectivity index (χ2n) is 11.6. The zero-order valence-corrected chi connectivity index (χ0v) is 25.5. The largest absolute Gasteiger partial charge is 0.489 e. The van der Waals surface area contributed by atoms with Gasteiger partial charge in [0, 0.05) is 16.7 Å². The second kappa shape index (κ2) is 11.8. The number of pyridine rings is 1. The molecule has 4 heterocycles. The molecule has 16 heteroatoms. The van der Waals surface area contributed by atoms with E-state index in [2.05, 4.69) is 25.9 Å². The molecule has 1 unspecified atom stereocenters. The van der Waals surface area contributed by atoms with Crippen molar-refractivity contribution in [3.05, 3.63) is 71.2 Å². The molecule has 1 saturated heterocycles. The van der Waals surface area contributed by atoms with Crippen LogP contribution < -0.4 is 26.4 Å². The number of anilines is 1. The van der Waals surface area contributed by atoms with E-state index in [1.54, 1.807) is 0 Å². The van der Waals surface area contributed by atoms with E-state index in [4.69, 9.17) is 10.5 Å². The fourth-order valence-corrected chi connectivity index (χ4v) is 6.38. The third-order valence-electron chi connectivity index (χ3n) is 8.39. The molecule has 4 aromatic rings. The molecule has 6 rings (SSSR count). The molecular weight excluding hydrogens is 644 g/mol. The molecule has 3 amide bonds. The Labute approximate surface area is 268 Å². The summed E-state index contributed by atoms with van der Waals surface area (Å²) in [4.78, 5) is 46.4. The van der Waals surface area contributed by atoms with Crippen LogP contribution in [-0.4, -0.2) is 64.7 Å². The lowest BCUT2D eigenvalue weighted by molar-refractivity contribution is -0.265. The minimum atomic E-state index is -5.37. The molecule has 2 aromatic carbocycles. The summed E-state index contributed by atoms with van der Waals surface area (Å²) in [6.07, 6.45) is -3.80. The Morgan fingerprint density at radius 1 is 1.15 bits per heavy atom. The number of hydrogen-bond acceptors (Lipinski definition) is 9. The number of primary amides is 1. The molecule has 246 valence electrons. The molecule has 2 aliphatic heterocycles. The third kappa shape index (κ3) is 5.87. The standard InChI is InChI=1S/C31H28F4N6O5S/c1-29(27(36)44)14-46-24-18(29)12-22(40-23(24)15-4-7-17(32)8-5-15)30(45,31(33,34)35)13-38-25(42)16-6-9-19-21(11-16)47-28(39-19)41-26(43)20-3-2-10-37-20/h4-9,11-12,20,37,45H,2-3,10,13-14H2,1H3,(H2,36,44)(H,38,42)(H,39,41,43)/t20-,29-,30?/m0/s1. The Kier molecular flexibility index (Phi) is 8.14. The number of thiazole rings is 1. The van der Waals surface area contributed by atoms with Gasteiger partial charge in [0.25, 0.3) is 5.91 Å². The molecule has 2 aromatic heterocycles. The number of amides is 3. The van der Waals surface area contributed by atoms with Crippen LogP contribution in [0.3, 0.4) is 0 Å². The van der Waals surface area contributed by atoms with E-state index in [0.717, 1.165) is 42.5 Å². The fraction of sp³-hybridized carbons (Fsp3) is 0.323. The van der Waals surface area contributed by atoms with Crippen molar-refractivity contribution < 1.29 is 41.8 Å². The summed E-state index contributed by atoms with van der Waals surface area (Å²) in [5.41, 5.74) is -0.295. The highest BCUT2D eigenvalue weighted by Gasteiger charge is 2.57. The highest BCUT2D eigenvalue weighted by Crippen LogP contribution is 2.47. The van der Waals surface area contributed by atoms with Gasteiger partial charge in [0.05, 0.1) is 28.5 Å². The number of nitrogens with one attached hydrogen (secondary N) is 3. The molecule has 0 radical (unpaired) electrons. The normalized spacial score (nSPS) is 20.3. The molecule has 47 heavy (non-hydrogen) atoms. The fourth-order valence-electron chi connectivity index (χ4n) is 5.47. The summed E-state index contributed by atoms with van der Waals surface area (Å²) in [5, 5.41) is 19.5. The quantitative estimate of drug-likeness (QED) is 0.177. The predicted molar refractivity (Wildman–Crippen MR) is 163 cm³/mol. The Hall–Kier alpha value is -4.67. The molecule has 3 atom stereocenters. The molecule has 11 nitrogen and oxygen atoms in total. The monoisotopic (exact) mass is 672 g/mol. The van der Waals surface area contributed by atoms with E-state index in [1.165, 1.54) is 37.3 Å². The highest BCUT2D eigenvalue weighted by atomic mass is 32.1. The number of alkyl halides is 3. The minimum absolute atomic E-state index is 0.0235. The van der Waals surface area contributed by atoms with Gasteiger partial charge in [0.15, 0.2) is 5.13 Å². The maximum absolute atomic E-state index is 14.7. The Morgan fingerprint density at radius 2 is 1.89 bits per heavy atom. The van der Waals surface area contributed by atoms with Crippen molar-refractivity contribution in [3.63, 3.8) is 0 Å². The Bertz CT molecular complexity index is 1900. The van der Waals surface area contributed by atoms with E-state index in [-0.39, 0.29) is 46.7 Å². The van der Waals surface area contributed by atoms with E-state index < -0.39 is 47.1 Å². The van der Waals surface area contributed by atoms with E-state index in [0.29, 0.717) is 21.8 Å². The zero-order valence-electron chi connectivity index (χ0n) is 24.7. The number of rotatable bonds is 8. The van der Waals surface area contributed by atoms with Crippen molar-refractivity contribution >= 4 is 44.4 Å². The van der Waals surface area contributed by atoms with E-state index >= 15 is 0 Å². The van der Waals surface area contributed by atoms with Crippen LogP contribution in [0.25, 0.3) is 21.5 Å². The van der Waals surface area contributed by atoms with E-state index in [1.807, 2.05) is 0 Å². The molecule has 0 aliphatic carbocycles. The van der Waals surface area contributed by atoms with Gasteiger partial charge in [0.2, 0.25) is 17.4 Å². The summed E-state index contributed by atoms with van der Waals surface area (Å²) in [6, 6.07) is 9.46. The molecule has 0 bridgehead atoms. The summed E-state index contributed by atoms with van der Waals surface area (Å²) < 4.78 is 63.9. The average molecular weight is 673 g/mol. The SMILES string of the molecule is C[C@]1(C(N)=O)COc2c1cc(C(O)(CNC(=O)c1ccc3nc(NC(=O)[C@@H]4CCCN4)sc3c1)C(F)(F)F)nc2-c1ccc(F)cc1. The molecule has 0 spiro atoms. The van der Waals surface area contributed by atoms with Crippen LogP contribution in [-0.2, 0) is 20.6 Å². The van der Waals surface area contributed by atoms with Crippen LogP contribution in [0.15, 0.2) is 48.5 Å². The number of fused-ring (bicyclic) bond motifs is 2. The number of halogens is 4. The lowest BCUT2D eigenvalue weighted by Gasteiger charge is -2.31. The predicted octanol–water partition coefficient (Wildman–Crippen LogP) is 3.50. The van der Waals surface area contributed by atoms with Crippen molar-refractivity contribution in [2.45, 2.75) is 43.0 Å². The van der Waals surface area contributed by atoms with Crippen molar-refractivity contribution in [2.75, 3.05) is 25.0 Å². The van der Waals surface area contributed by atoms with Gasteiger partial charge < -0.3 is 31.5 Å². The summed E-state index contributed by atoms with van der Waals surface area (Å²) in [7, 11) is 0. The number of carbonyl (C=O) groups is 3. The first-order valence-corrected chi connectivity index (χ1v) is 15.3. The van der Waals surface area contributed by atoms with Gasteiger partial charge in [0.1, 0.15) is 29.3 Å². The molecule has 6 N–H and O–H groups in total. The Morgan fingerprint density at radius 3 is 2.55 bits per heavy atom. The zero-order chi connectivity index (χ0) is 33.7. The van der Waals surface area contributed by atoms with Crippen LogP contribution in [0.1, 0.15) is 41.4 Å². The van der Waals surface area contributed by atoms with Crippen LogP contribution >= 0.6 is 11.3 Å². The number of aliphatic hydroxyl groups is 1. The van der Waals surface area contributed by atoms with Crippen LogP contribution in [0.4, 0.5) is 22.7 Å². The summed E-state index contributed by atoms with van der Waals surface area (Å²) in [6.45, 7) is 0.459. The lowest BCUT2D eigenvalue weighted by atomic mass is 9.81. The maximum atomic E-state index is 14.7. The number of benzene rings is 2. The van der Waals surface area contributed by atoms with Gasteiger partial charge in [-0.3, -0.25) is 14.4 Å². The van der Waals surface area contributed by atoms with Crippen molar-refractivity contribution in [2.24, 2.45) is 5.73 Å². The molecular formula is C31H28F4N6O5S. The van der Waals surface area contributed by atoms with Gasteiger partial charge in [-0.05, 0) is 74.8 Å². The number of aromatic nitrogens is 2. The first kappa shape index (κ1) is 32.3. The first-order chi connectivity index (χ1) is 22.2. The van der Waals surface area contributed by atoms with Gasteiger partial charge in [-0.15, -0.1) is 0 Å². The van der Waals surface area contributed by atoms with Crippen LogP contribution in [0, 0.1) is 5.82 Å². The number of ether oxygens (including phenoxy) is 1. The first-order valence-electron chi connectivity index (χ1n) is 14.5. The van der Waals surface area contributed by atoms with Gasteiger partial charge in [-0.25, -0.2) is 14.4 Å². The number of carbonyl (C=O) groups excluding carboxylic acids is 3. The minimum Gasteiger partial charge on any atom is -0.489 e. The van der Waals surface area contributed by atoms with Gasteiger partial charge >= 0.3 is 6.18 Å². The third-order valence-corrected chi connectivity index (χ3v) is 9.32. The molecule has 2 aliphatic rings. The number of nitrogens with two attached hydrogens (primary N) is 1. The Balaban J connectivity index is 1.30. The number of nitrogens with zero attached hydrogens (tertiary/aromatic N) is 2. The maximum Gasteiger partial charge on any atom is 0.424 e. The smallest absolute Gasteiger partial charge is 0.424 e. The van der Waals surface area contributed by atoms with Gasteiger partial charge in [-0.1, -0.05) is 11.3 Å². The average Bonchev–Trinajstić information content (AvgIpc) is 3.78. The molecule has 1 fully saturated rings. The second-order valence-corrected chi connectivity index (χ2v) is 12.6. The summed E-state index contributed by atoms with van der Waals surface area (Å²) >= 11 is 1.09. The topological polar surface area (TPSA) is 169 Å². The lowest BCUT2D eigenvalue weighted by Crippen LogP contribution is -2.51. The van der Waals surface area contributed by atoms with Crippen molar-refractivity contribution in [3.8, 4) is 17.0 Å². The summed E-state index contributed by atoms with van der Waals surface area (Å²) in [5.74, 6) is -2.72. The van der Waals surface area contributed by atoms with Crippen molar-refractivity contribution in [1.82, 2.24) is 20.6 Å².